The normalized spacial score (nSPS) is 14.4. The van der Waals surface area contributed by atoms with E-state index in [2.05, 4.69) is 187 Å². The molecular formula is C46H33NS. The number of anilines is 2. The van der Waals surface area contributed by atoms with E-state index in [4.69, 9.17) is 0 Å². The molecule has 1 atom stereocenters. The van der Waals surface area contributed by atoms with Crippen molar-refractivity contribution in [2.75, 3.05) is 4.90 Å². The molecule has 1 nitrogen and oxygen atoms in total. The molecule has 0 saturated heterocycles. The molecule has 1 unspecified atom stereocenters. The molecule has 0 N–H and O–H groups in total. The molecule has 0 spiro atoms. The Morgan fingerprint density at radius 2 is 1.17 bits per heavy atom. The van der Waals surface area contributed by atoms with Crippen molar-refractivity contribution < 1.29 is 0 Å². The molecule has 48 heavy (non-hydrogen) atoms. The smallest absolute Gasteiger partial charge is 0.0467 e. The van der Waals surface area contributed by atoms with Crippen molar-refractivity contribution in [3.63, 3.8) is 0 Å². The molecule has 0 aliphatic heterocycles. The van der Waals surface area contributed by atoms with Crippen LogP contribution in [-0.4, -0.2) is 0 Å². The molecule has 0 saturated carbocycles. The first kappa shape index (κ1) is 28.5. The average Bonchev–Trinajstić information content (AvgIpc) is 3.55. The first-order valence-electron chi connectivity index (χ1n) is 16.6. The Hall–Kier alpha value is -5.70. The van der Waals surface area contributed by atoms with Gasteiger partial charge in [0, 0.05) is 43.2 Å². The molecule has 0 radical (unpaired) electrons. The molecule has 8 aromatic rings. The molecule has 7 aromatic carbocycles. The second-order valence-electron chi connectivity index (χ2n) is 12.5. The second-order valence-corrected chi connectivity index (χ2v) is 13.5. The van der Waals surface area contributed by atoms with E-state index >= 15 is 0 Å². The van der Waals surface area contributed by atoms with E-state index in [-0.39, 0.29) is 5.92 Å². The van der Waals surface area contributed by atoms with E-state index < -0.39 is 0 Å². The largest absolute Gasteiger partial charge is 0.311 e. The zero-order chi connectivity index (χ0) is 31.9. The predicted molar refractivity (Wildman–Crippen MR) is 207 cm³/mol. The summed E-state index contributed by atoms with van der Waals surface area (Å²) in [6.45, 7) is 0. The summed E-state index contributed by atoms with van der Waals surface area (Å²) in [5.74, 6) is 0.261. The van der Waals surface area contributed by atoms with E-state index in [0.29, 0.717) is 0 Å². The minimum Gasteiger partial charge on any atom is -0.311 e. The van der Waals surface area contributed by atoms with Gasteiger partial charge in [0.2, 0.25) is 0 Å². The number of nitrogens with zero attached hydrogens (tertiary/aromatic N) is 1. The summed E-state index contributed by atoms with van der Waals surface area (Å²) in [6.07, 6.45) is 8.10. The van der Waals surface area contributed by atoms with Gasteiger partial charge in [0.05, 0.1) is 0 Å². The molecule has 1 aliphatic carbocycles. The third-order valence-corrected chi connectivity index (χ3v) is 10.9. The maximum atomic E-state index is 2.48. The van der Waals surface area contributed by atoms with Crippen molar-refractivity contribution >= 4 is 53.7 Å². The second kappa shape index (κ2) is 12.2. The fourth-order valence-electron chi connectivity index (χ4n) is 7.23. The summed E-state index contributed by atoms with van der Waals surface area (Å²) < 4.78 is 2.74. The van der Waals surface area contributed by atoms with Gasteiger partial charge in [-0.3, -0.25) is 0 Å². The number of allylic oxidation sites excluding steroid dienone is 3. The lowest BCUT2D eigenvalue weighted by Crippen LogP contribution is -2.17. The number of rotatable bonds is 6. The van der Waals surface area contributed by atoms with Crippen LogP contribution in [0.5, 0.6) is 0 Å². The maximum absolute atomic E-state index is 2.48. The van der Waals surface area contributed by atoms with Crippen LogP contribution < -0.4 is 4.90 Å². The highest BCUT2D eigenvalue weighted by Crippen LogP contribution is 2.45. The lowest BCUT2D eigenvalue weighted by molar-refractivity contribution is 0.846. The van der Waals surface area contributed by atoms with Crippen molar-refractivity contribution in [1.82, 2.24) is 0 Å². The molecule has 1 aliphatic rings. The van der Waals surface area contributed by atoms with Gasteiger partial charge in [-0.25, -0.2) is 0 Å². The Morgan fingerprint density at radius 1 is 0.500 bits per heavy atom. The lowest BCUT2D eigenvalue weighted by atomic mass is 9.89. The van der Waals surface area contributed by atoms with Gasteiger partial charge in [-0.15, -0.1) is 11.3 Å². The minimum absolute atomic E-state index is 0.261. The Kier molecular flexibility index (Phi) is 7.22. The van der Waals surface area contributed by atoms with E-state index in [1.807, 2.05) is 11.3 Å². The van der Waals surface area contributed by atoms with Crippen LogP contribution in [0.1, 0.15) is 17.9 Å². The molecular weight excluding hydrogens is 599 g/mol. The van der Waals surface area contributed by atoms with Gasteiger partial charge in [0.1, 0.15) is 0 Å². The van der Waals surface area contributed by atoms with Crippen LogP contribution in [0.2, 0.25) is 0 Å². The SMILES string of the molecule is C1=CC(N(c2ccccc2)c2cccc(-c3ccc4ccccc4c3)c2)=CC(c2cccc3c2sc2c(-c4ccccc4)cccc23)C1. The van der Waals surface area contributed by atoms with Crippen LogP contribution in [0.4, 0.5) is 11.4 Å². The van der Waals surface area contributed by atoms with Crippen LogP contribution in [0.15, 0.2) is 188 Å². The zero-order valence-corrected chi connectivity index (χ0v) is 27.3. The third kappa shape index (κ3) is 5.12. The van der Waals surface area contributed by atoms with Crippen molar-refractivity contribution in [1.29, 1.82) is 0 Å². The van der Waals surface area contributed by atoms with Crippen LogP contribution in [0.25, 0.3) is 53.2 Å². The quantitative estimate of drug-likeness (QED) is 0.176. The number of fused-ring (bicyclic) bond motifs is 4. The van der Waals surface area contributed by atoms with E-state index in [0.717, 1.165) is 17.8 Å². The van der Waals surface area contributed by atoms with Crippen molar-refractivity contribution in [2.24, 2.45) is 0 Å². The van der Waals surface area contributed by atoms with Crippen molar-refractivity contribution in [2.45, 2.75) is 12.3 Å². The van der Waals surface area contributed by atoms with Gasteiger partial charge < -0.3 is 4.90 Å². The van der Waals surface area contributed by atoms with Gasteiger partial charge in [0.15, 0.2) is 0 Å². The maximum Gasteiger partial charge on any atom is 0.0467 e. The van der Waals surface area contributed by atoms with Crippen molar-refractivity contribution in [3.05, 3.63) is 193 Å². The number of hydrogen-bond acceptors (Lipinski definition) is 2. The zero-order valence-electron chi connectivity index (χ0n) is 26.5. The summed E-state index contributed by atoms with van der Waals surface area (Å²) >= 11 is 1.94. The summed E-state index contributed by atoms with van der Waals surface area (Å²) in [4.78, 5) is 2.41. The molecule has 1 aromatic heterocycles. The van der Waals surface area contributed by atoms with Crippen molar-refractivity contribution in [3.8, 4) is 22.3 Å². The van der Waals surface area contributed by atoms with Crippen LogP contribution in [-0.2, 0) is 0 Å². The fraction of sp³-hybridized carbons (Fsp3) is 0.0435. The highest BCUT2D eigenvalue weighted by Gasteiger charge is 2.22. The predicted octanol–water partition coefficient (Wildman–Crippen LogP) is 13.3. The number of benzene rings is 7. The Morgan fingerprint density at radius 3 is 2.02 bits per heavy atom. The average molecular weight is 632 g/mol. The van der Waals surface area contributed by atoms with E-state index in [9.17, 15) is 0 Å². The Bertz CT molecular complexity index is 2490. The molecule has 0 bridgehead atoms. The molecule has 9 rings (SSSR count). The Balaban J connectivity index is 1.15. The highest BCUT2D eigenvalue weighted by atomic mass is 32.1. The Labute approximate surface area is 285 Å². The standard InChI is InChI=1S/C46H33NS/c1-3-14-33(15-4-1)41-23-11-25-43-44-26-12-24-42(46(44)48-45(41)43)37-18-10-22-40(31-37)47(38-19-5-2-6-20-38)39-21-9-17-35(30-39)36-28-27-32-13-7-8-16-34(32)29-36/h1-17,19-31,37H,18H2. The van der Waals surface area contributed by atoms with Crippen LogP contribution >= 0.6 is 11.3 Å². The van der Waals surface area contributed by atoms with Crippen LogP contribution in [0.3, 0.4) is 0 Å². The van der Waals surface area contributed by atoms with Gasteiger partial charge >= 0.3 is 0 Å². The fourth-order valence-corrected chi connectivity index (χ4v) is 8.64. The third-order valence-electron chi connectivity index (χ3n) is 9.55. The molecule has 0 fully saturated rings. The first-order valence-corrected chi connectivity index (χ1v) is 17.4. The number of hydrogen-bond donors (Lipinski definition) is 0. The van der Waals surface area contributed by atoms with Gasteiger partial charge in [-0.05, 0) is 81.4 Å². The number of thiophene rings is 1. The van der Waals surface area contributed by atoms with Gasteiger partial charge in [-0.2, -0.15) is 0 Å². The summed E-state index contributed by atoms with van der Waals surface area (Å²) in [7, 11) is 0. The van der Waals surface area contributed by atoms with E-state index in [1.165, 1.54) is 64.5 Å². The van der Waals surface area contributed by atoms with Crippen LogP contribution in [0, 0.1) is 0 Å². The van der Waals surface area contributed by atoms with E-state index in [1.54, 1.807) is 0 Å². The number of para-hydroxylation sites is 1. The highest BCUT2D eigenvalue weighted by molar-refractivity contribution is 7.26. The van der Waals surface area contributed by atoms with Gasteiger partial charge in [-0.1, -0.05) is 146 Å². The first-order chi connectivity index (χ1) is 23.8. The summed E-state index contributed by atoms with van der Waals surface area (Å²) in [5, 5.41) is 5.20. The summed E-state index contributed by atoms with van der Waals surface area (Å²) in [6, 6.07) is 59.5. The molecule has 1 heterocycles. The molecule has 2 heteroatoms. The minimum atomic E-state index is 0.261. The lowest BCUT2D eigenvalue weighted by Gasteiger charge is -2.30. The van der Waals surface area contributed by atoms with Gasteiger partial charge in [0.25, 0.3) is 0 Å². The molecule has 228 valence electrons. The topological polar surface area (TPSA) is 3.24 Å². The summed E-state index contributed by atoms with van der Waals surface area (Å²) in [5.41, 5.74) is 9.89. The monoisotopic (exact) mass is 631 g/mol. The molecule has 0 amide bonds.